The fourth-order valence-corrected chi connectivity index (χ4v) is 3.79. The number of carbonyl (C=O) groups is 1. The number of aromatic nitrogens is 2. The molecule has 6 nitrogen and oxygen atoms in total. The average molecular weight is 349 g/mol. The first kappa shape index (κ1) is 14.2. The highest BCUT2D eigenvalue weighted by molar-refractivity contribution is 5.86. The number of cyclic esters (lactones) is 1. The third kappa shape index (κ3) is 1.82. The summed E-state index contributed by atoms with van der Waals surface area (Å²) in [5.74, 6) is -0.819. The summed E-state index contributed by atoms with van der Waals surface area (Å²) in [6.07, 6.45) is 0.0195. The van der Waals surface area contributed by atoms with E-state index in [-0.39, 0.29) is 35.8 Å². The summed E-state index contributed by atoms with van der Waals surface area (Å²) in [6, 6.07) is 9.55. The van der Waals surface area contributed by atoms with Crippen LogP contribution in [0.4, 0.5) is 0 Å². The lowest BCUT2D eigenvalue weighted by Crippen LogP contribution is -2.44. The number of nitrogens with zero attached hydrogens (tertiary/aromatic N) is 2. The molecule has 1 atom stereocenters. The minimum Gasteiger partial charge on any atom is -0.458 e. The van der Waals surface area contributed by atoms with Gasteiger partial charge in [-0.25, -0.2) is 9.78 Å². The zero-order valence-corrected chi connectivity index (χ0v) is 14.1. The fourth-order valence-electron chi connectivity index (χ4n) is 3.79. The van der Waals surface area contributed by atoms with Crippen molar-refractivity contribution in [3.8, 4) is 11.4 Å². The first-order valence-corrected chi connectivity index (χ1v) is 8.51. The number of carbonyl (C=O) groups excluding carboxylic acids is 1. The summed E-state index contributed by atoms with van der Waals surface area (Å²) in [5, 5.41) is 11.8. The van der Waals surface area contributed by atoms with Crippen LogP contribution in [0.1, 0.15) is 31.4 Å². The third-order valence-corrected chi connectivity index (χ3v) is 5.28. The highest BCUT2D eigenvalue weighted by Gasteiger charge is 2.45. The Morgan fingerprint density at radius 3 is 3.00 bits per heavy atom. The topological polar surface area (TPSA) is 81.4 Å². The van der Waals surface area contributed by atoms with Crippen molar-refractivity contribution < 1.29 is 16.0 Å². The van der Waals surface area contributed by atoms with Crippen LogP contribution in [0.15, 0.2) is 41.2 Å². The van der Waals surface area contributed by atoms with Gasteiger partial charge in [0, 0.05) is 16.5 Å². The Kier molecular flexibility index (Phi) is 2.74. The molecule has 6 heteroatoms. The van der Waals surface area contributed by atoms with E-state index in [4.69, 9.17) is 6.11 Å². The summed E-state index contributed by atoms with van der Waals surface area (Å²) in [4.78, 5) is 30.0. The Hall–Kier alpha value is -2.99. The first-order chi connectivity index (χ1) is 13.0. The van der Waals surface area contributed by atoms with Crippen LogP contribution in [0.2, 0.25) is 0 Å². The molecule has 1 N–H and O–H groups in total. The normalized spacial score (nSPS) is 21.0. The largest absolute Gasteiger partial charge is 0.458 e. The minimum atomic E-state index is -1.99. The second-order valence-corrected chi connectivity index (χ2v) is 6.70. The fraction of sp³-hybridized carbons (Fsp3) is 0.250. The van der Waals surface area contributed by atoms with Crippen molar-refractivity contribution in [2.24, 2.45) is 0 Å². The van der Waals surface area contributed by atoms with E-state index in [2.05, 4.69) is 4.98 Å². The molecule has 130 valence electrons. The molecule has 0 saturated carbocycles. The number of fused-ring (bicyclic) bond motifs is 5. The van der Waals surface area contributed by atoms with Crippen LogP contribution in [0.3, 0.4) is 0 Å². The molecule has 2 aliphatic heterocycles. The van der Waals surface area contributed by atoms with Gasteiger partial charge < -0.3 is 14.4 Å². The maximum absolute atomic E-state index is 13.1. The van der Waals surface area contributed by atoms with Gasteiger partial charge in [-0.05, 0) is 24.6 Å². The second-order valence-electron chi connectivity index (χ2n) is 6.70. The molecule has 5 rings (SSSR count). The van der Waals surface area contributed by atoms with Crippen LogP contribution in [-0.4, -0.2) is 20.6 Å². The van der Waals surface area contributed by atoms with E-state index in [0.29, 0.717) is 17.9 Å². The van der Waals surface area contributed by atoms with E-state index in [1.54, 1.807) is 6.92 Å². The smallest absolute Gasteiger partial charge is 0.343 e. The molecule has 26 heavy (non-hydrogen) atoms. The Morgan fingerprint density at radius 2 is 2.19 bits per heavy atom. The summed E-state index contributed by atoms with van der Waals surface area (Å²) in [6.45, 7) is 1.70. The molecule has 1 unspecified atom stereocenters. The van der Waals surface area contributed by atoms with Crippen LogP contribution in [0.5, 0.6) is 0 Å². The van der Waals surface area contributed by atoms with Gasteiger partial charge in [0.1, 0.15) is 6.61 Å². The standard InChI is InChI=1S/C20H16N2O4/c1-2-20(25)14-8-16-17-12(7-11-5-3-4-6-15(11)21-17)9-22(16)18(23)13(14)10-26-19(20)24/h3-8,25H,2,9-10H2,1H3/i8D. The van der Waals surface area contributed by atoms with E-state index in [9.17, 15) is 14.7 Å². The van der Waals surface area contributed by atoms with Crippen LogP contribution >= 0.6 is 0 Å². The number of hydrogen-bond donors (Lipinski definition) is 1. The molecule has 0 fully saturated rings. The van der Waals surface area contributed by atoms with Gasteiger partial charge in [0.2, 0.25) is 0 Å². The van der Waals surface area contributed by atoms with Crippen molar-refractivity contribution in [1.82, 2.24) is 9.55 Å². The Bertz CT molecular complexity index is 1220. The number of aliphatic hydroxyl groups is 1. The predicted octanol–water partition coefficient (Wildman–Crippen LogP) is 2.08. The average Bonchev–Trinajstić information content (AvgIpc) is 3.05. The maximum Gasteiger partial charge on any atom is 0.343 e. The summed E-state index contributed by atoms with van der Waals surface area (Å²) >= 11 is 0. The number of benzene rings is 1. The molecule has 0 radical (unpaired) electrons. The lowest BCUT2D eigenvalue weighted by Gasteiger charge is -2.31. The molecular weight excluding hydrogens is 332 g/mol. The minimum absolute atomic E-state index is 0.0195. The Balaban J connectivity index is 1.87. The monoisotopic (exact) mass is 349 g/mol. The Labute approximate surface area is 150 Å². The van der Waals surface area contributed by atoms with Crippen molar-refractivity contribution in [3.63, 3.8) is 0 Å². The van der Waals surface area contributed by atoms with Crippen LogP contribution in [0, 0.1) is 0 Å². The highest BCUT2D eigenvalue weighted by atomic mass is 16.6. The molecule has 0 spiro atoms. The van der Waals surface area contributed by atoms with Gasteiger partial charge >= 0.3 is 5.97 Å². The van der Waals surface area contributed by atoms with Gasteiger partial charge in [-0.2, -0.15) is 0 Å². The molecule has 3 aromatic rings. The molecule has 1 aromatic carbocycles. The molecule has 0 aliphatic carbocycles. The molecule has 2 aromatic heterocycles. The van der Waals surface area contributed by atoms with Gasteiger partial charge in [-0.1, -0.05) is 25.1 Å². The van der Waals surface area contributed by atoms with Crippen LogP contribution < -0.4 is 5.56 Å². The zero-order valence-electron chi connectivity index (χ0n) is 15.1. The zero-order chi connectivity index (χ0) is 18.9. The lowest BCUT2D eigenvalue weighted by atomic mass is 9.86. The lowest BCUT2D eigenvalue weighted by molar-refractivity contribution is -0.172. The Morgan fingerprint density at radius 1 is 1.38 bits per heavy atom. The molecule has 4 heterocycles. The number of esters is 1. The molecule has 2 aliphatic rings. The number of pyridine rings is 2. The van der Waals surface area contributed by atoms with Gasteiger partial charge in [-0.15, -0.1) is 0 Å². The van der Waals surface area contributed by atoms with Crippen molar-refractivity contribution in [2.45, 2.75) is 32.1 Å². The molecular formula is C20H16N2O4. The predicted molar refractivity (Wildman–Crippen MR) is 94.5 cm³/mol. The van der Waals surface area contributed by atoms with E-state index in [1.165, 1.54) is 4.57 Å². The number of rotatable bonds is 1. The van der Waals surface area contributed by atoms with Crippen molar-refractivity contribution >= 4 is 16.9 Å². The SMILES string of the molecule is [2H]c1c2c(c(=O)n3c1-c1nc4ccccc4cc1C3)COC(=O)C2(O)CC. The highest BCUT2D eigenvalue weighted by Crippen LogP contribution is 2.38. The first-order valence-electron chi connectivity index (χ1n) is 9.01. The second kappa shape index (κ2) is 5.02. The van der Waals surface area contributed by atoms with Crippen molar-refractivity contribution in [2.75, 3.05) is 0 Å². The molecule has 0 saturated heterocycles. The van der Waals surface area contributed by atoms with Crippen LogP contribution in [-0.2, 0) is 28.3 Å². The van der Waals surface area contributed by atoms with E-state index in [1.807, 2.05) is 30.3 Å². The van der Waals surface area contributed by atoms with E-state index in [0.717, 1.165) is 16.5 Å². The van der Waals surface area contributed by atoms with Gasteiger partial charge in [0.05, 0.1) is 30.4 Å². The number of hydrogen-bond acceptors (Lipinski definition) is 5. The van der Waals surface area contributed by atoms with Crippen molar-refractivity contribution in [1.29, 1.82) is 0 Å². The summed E-state index contributed by atoms with van der Waals surface area (Å²) in [5.41, 5.74) is 0.396. The number of para-hydroxylation sites is 1. The summed E-state index contributed by atoms with van der Waals surface area (Å²) < 4.78 is 15.3. The van der Waals surface area contributed by atoms with Crippen molar-refractivity contribution in [3.05, 3.63) is 63.4 Å². The molecule has 0 bridgehead atoms. The molecule has 0 amide bonds. The quantitative estimate of drug-likeness (QED) is 0.532. The van der Waals surface area contributed by atoms with E-state index >= 15 is 0 Å². The van der Waals surface area contributed by atoms with Crippen LogP contribution in [0.25, 0.3) is 22.3 Å². The van der Waals surface area contributed by atoms with Gasteiger partial charge in [0.25, 0.3) is 5.56 Å². The number of ether oxygens (including phenoxy) is 1. The van der Waals surface area contributed by atoms with Gasteiger partial charge in [-0.3, -0.25) is 4.79 Å². The maximum atomic E-state index is 13.1. The van der Waals surface area contributed by atoms with E-state index < -0.39 is 11.6 Å². The third-order valence-electron chi connectivity index (χ3n) is 5.28. The summed E-state index contributed by atoms with van der Waals surface area (Å²) in [7, 11) is 0. The van der Waals surface area contributed by atoms with Gasteiger partial charge in [0.15, 0.2) is 5.60 Å².